The number of hydrogen-bond donors (Lipinski definition) is 2. The molecule has 2 amide bonds. The van der Waals surface area contributed by atoms with Crippen LogP contribution in [-0.4, -0.2) is 47.2 Å². The van der Waals surface area contributed by atoms with Crippen molar-refractivity contribution in [2.75, 3.05) is 13.2 Å². The highest BCUT2D eigenvalue weighted by Gasteiger charge is 2.47. The third-order valence-corrected chi connectivity index (χ3v) is 8.35. The van der Waals surface area contributed by atoms with Gasteiger partial charge in [-0.15, -0.1) is 0 Å². The van der Waals surface area contributed by atoms with Crippen molar-refractivity contribution in [2.45, 2.75) is 50.3 Å². The Morgan fingerprint density at radius 2 is 1.85 bits per heavy atom. The van der Waals surface area contributed by atoms with E-state index in [4.69, 9.17) is 15.2 Å². The molecule has 1 aliphatic heterocycles. The summed E-state index contributed by atoms with van der Waals surface area (Å²) in [5.41, 5.74) is 6.80. The van der Waals surface area contributed by atoms with Crippen LogP contribution in [0.5, 0.6) is 11.5 Å². The number of nitrogens with one attached hydrogen (secondary N) is 1. The lowest BCUT2D eigenvalue weighted by Gasteiger charge is -2.24. The SMILES string of the molecule is Cc1cnccc1-c1ccc(C(=O)NC[C@H](c2cc3c(c(-c4ccc(F)cc4)n2)OC[C@]3(C)C(N)=O)C(F)(F)F)cc1OC1CC1. The fourth-order valence-electron chi connectivity index (χ4n) is 5.40. The molecule has 12 heteroatoms. The number of primary amides is 1. The zero-order valence-electron chi connectivity index (χ0n) is 25.0. The minimum atomic E-state index is -4.85. The molecule has 8 nitrogen and oxygen atoms in total. The first-order valence-corrected chi connectivity index (χ1v) is 14.7. The van der Waals surface area contributed by atoms with Crippen LogP contribution in [-0.2, 0) is 10.2 Å². The van der Waals surface area contributed by atoms with Crippen molar-refractivity contribution in [3.8, 4) is 33.9 Å². The lowest BCUT2D eigenvalue weighted by molar-refractivity contribution is -0.149. The number of rotatable bonds is 9. The van der Waals surface area contributed by atoms with Crippen LogP contribution in [0.2, 0.25) is 0 Å². The second kappa shape index (κ2) is 11.7. The quantitative estimate of drug-likeness (QED) is 0.218. The number of nitrogens with zero attached hydrogens (tertiary/aromatic N) is 2. The van der Waals surface area contributed by atoms with Crippen LogP contribution in [0.15, 0.2) is 67.0 Å². The van der Waals surface area contributed by atoms with Gasteiger partial charge in [0, 0.05) is 41.2 Å². The first-order chi connectivity index (χ1) is 21.8. The molecule has 0 saturated heterocycles. The third-order valence-electron chi connectivity index (χ3n) is 8.35. The van der Waals surface area contributed by atoms with E-state index < -0.39 is 47.4 Å². The van der Waals surface area contributed by atoms with Crippen LogP contribution in [0.1, 0.15) is 52.9 Å². The van der Waals surface area contributed by atoms with Crippen LogP contribution in [0, 0.1) is 12.7 Å². The summed E-state index contributed by atoms with van der Waals surface area (Å²) < 4.78 is 69.5. The van der Waals surface area contributed by atoms with E-state index in [-0.39, 0.29) is 40.8 Å². The highest BCUT2D eigenvalue weighted by Crippen LogP contribution is 2.46. The van der Waals surface area contributed by atoms with Crippen LogP contribution in [0.3, 0.4) is 0 Å². The lowest BCUT2D eigenvalue weighted by Crippen LogP contribution is -2.40. The van der Waals surface area contributed by atoms with E-state index in [1.165, 1.54) is 31.2 Å². The number of pyridine rings is 2. The van der Waals surface area contributed by atoms with E-state index in [2.05, 4.69) is 15.3 Å². The van der Waals surface area contributed by atoms with Gasteiger partial charge in [-0.05, 0) is 92.4 Å². The third kappa shape index (κ3) is 5.99. The highest BCUT2D eigenvalue weighted by molar-refractivity contribution is 5.96. The van der Waals surface area contributed by atoms with Gasteiger partial charge in [-0.3, -0.25) is 14.6 Å². The van der Waals surface area contributed by atoms with Gasteiger partial charge >= 0.3 is 6.18 Å². The topological polar surface area (TPSA) is 116 Å². The molecule has 2 aromatic heterocycles. The second-order valence-corrected chi connectivity index (χ2v) is 11.8. The Balaban J connectivity index is 1.34. The van der Waals surface area contributed by atoms with E-state index in [1.807, 2.05) is 13.0 Å². The Morgan fingerprint density at radius 3 is 2.50 bits per heavy atom. The molecule has 2 aliphatic rings. The molecular weight excluding hydrogens is 604 g/mol. The van der Waals surface area contributed by atoms with Crippen molar-refractivity contribution in [1.29, 1.82) is 0 Å². The average molecular weight is 635 g/mol. The molecule has 0 spiro atoms. The van der Waals surface area contributed by atoms with Gasteiger partial charge in [0.1, 0.15) is 40.9 Å². The molecule has 1 aliphatic carbocycles. The molecule has 1 saturated carbocycles. The number of hydrogen-bond acceptors (Lipinski definition) is 6. The van der Waals surface area contributed by atoms with Crippen molar-refractivity contribution < 1.29 is 36.6 Å². The average Bonchev–Trinajstić information content (AvgIpc) is 3.77. The summed E-state index contributed by atoms with van der Waals surface area (Å²) in [6, 6.07) is 12.7. The second-order valence-electron chi connectivity index (χ2n) is 11.8. The summed E-state index contributed by atoms with van der Waals surface area (Å²) in [5.74, 6) is -3.80. The summed E-state index contributed by atoms with van der Waals surface area (Å²) in [6.07, 6.45) is 0.247. The van der Waals surface area contributed by atoms with Crippen LogP contribution in [0.25, 0.3) is 22.4 Å². The number of aryl methyl sites for hydroxylation is 1. The molecule has 2 atom stereocenters. The molecule has 6 rings (SSSR count). The Kier molecular flexibility index (Phi) is 7.91. The predicted molar refractivity (Wildman–Crippen MR) is 161 cm³/mol. The summed E-state index contributed by atoms with van der Waals surface area (Å²) in [5, 5.41) is 2.41. The Bertz CT molecular complexity index is 1830. The molecule has 238 valence electrons. The maximum Gasteiger partial charge on any atom is 0.398 e. The van der Waals surface area contributed by atoms with Gasteiger partial charge in [0.05, 0.1) is 11.8 Å². The molecule has 0 radical (unpaired) electrons. The molecular formula is C34H30F4N4O4. The number of carbonyl (C=O) groups is 2. The fourth-order valence-corrected chi connectivity index (χ4v) is 5.40. The molecule has 4 aromatic rings. The minimum Gasteiger partial charge on any atom is -0.490 e. The summed E-state index contributed by atoms with van der Waals surface area (Å²) in [4.78, 5) is 34.2. The number of fused-ring (bicyclic) bond motifs is 1. The Morgan fingerprint density at radius 1 is 1.11 bits per heavy atom. The van der Waals surface area contributed by atoms with E-state index >= 15 is 0 Å². The number of carbonyl (C=O) groups excluding carboxylic acids is 2. The van der Waals surface area contributed by atoms with Crippen LogP contribution >= 0.6 is 0 Å². The van der Waals surface area contributed by atoms with Crippen molar-refractivity contribution in [3.63, 3.8) is 0 Å². The minimum absolute atomic E-state index is 0.00177. The summed E-state index contributed by atoms with van der Waals surface area (Å²) >= 11 is 0. The number of amides is 2. The number of aromatic nitrogens is 2. The maximum atomic E-state index is 14.7. The highest BCUT2D eigenvalue weighted by atomic mass is 19.4. The van der Waals surface area contributed by atoms with Gasteiger partial charge in [-0.2, -0.15) is 13.2 Å². The molecule has 0 unspecified atom stereocenters. The molecule has 46 heavy (non-hydrogen) atoms. The van der Waals surface area contributed by atoms with E-state index in [0.717, 1.165) is 47.7 Å². The van der Waals surface area contributed by atoms with Gasteiger partial charge in [0.15, 0.2) is 0 Å². The van der Waals surface area contributed by atoms with E-state index in [9.17, 15) is 27.2 Å². The number of halogens is 4. The van der Waals surface area contributed by atoms with E-state index in [0.29, 0.717) is 5.75 Å². The van der Waals surface area contributed by atoms with Crippen molar-refractivity contribution in [1.82, 2.24) is 15.3 Å². The molecule has 3 N–H and O–H groups in total. The van der Waals surface area contributed by atoms with Crippen LogP contribution in [0.4, 0.5) is 17.6 Å². The van der Waals surface area contributed by atoms with Crippen molar-refractivity contribution in [3.05, 3.63) is 95.2 Å². The first-order valence-electron chi connectivity index (χ1n) is 14.7. The zero-order valence-corrected chi connectivity index (χ0v) is 25.0. The van der Waals surface area contributed by atoms with Crippen LogP contribution < -0.4 is 20.5 Å². The Hall–Kier alpha value is -5.00. The van der Waals surface area contributed by atoms with Gasteiger partial charge < -0.3 is 20.5 Å². The van der Waals surface area contributed by atoms with Gasteiger partial charge in [0.2, 0.25) is 5.91 Å². The Labute approximate surface area is 262 Å². The molecule has 1 fully saturated rings. The number of benzene rings is 2. The smallest absolute Gasteiger partial charge is 0.398 e. The maximum absolute atomic E-state index is 14.7. The van der Waals surface area contributed by atoms with Gasteiger partial charge in [0.25, 0.3) is 5.91 Å². The summed E-state index contributed by atoms with van der Waals surface area (Å²) in [7, 11) is 0. The lowest BCUT2D eigenvalue weighted by atomic mass is 9.82. The number of alkyl halides is 3. The number of ether oxygens (including phenoxy) is 2. The monoisotopic (exact) mass is 634 g/mol. The van der Waals surface area contributed by atoms with Gasteiger partial charge in [-0.25, -0.2) is 9.37 Å². The summed E-state index contributed by atoms with van der Waals surface area (Å²) in [6.45, 7) is 2.32. The normalized spacial score (nSPS) is 18.0. The van der Waals surface area contributed by atoms with Crippen molar-refractivity contribution >= 4 is 11.8 Å². The fraction of sp³-hybridized carbons (Fsp3) is 0.294. The number of nitrogens with two attached hydrogens (primary N) is 1. The van der Waals surface area contributed by atoms with Crippen molar-refractivity contribution in [2.24, 2.45) is 5.73 Å². The van der Waals surface area contributed by atoms with E-state index in [1.54, 1.807) is 18.5 Å². The van der Waals surface area contributed by atoms with Gasteiger partial charge in [-0.1, -0.05) is 0 Å². The molecule has 0 bridgehead atoms. The molecule has 2 aromatic carbocycles. The first kappa shape index (κ1) is 31.0. The standard InChI is InChI=1S/C34H30F4N4O4/c1-18-15-40-12-11-23(18)24-10-5-20(13-28(24)46-22-8-9-22)31(43)41-16-26(34(36,37)38)27-14-25-30(45-17-33(25,2)32(39)44)29(42-27)19-3-6-21(35)7-4-19/h3-7,10-15,22,26H,8-9,16-17H2,1-2H3,(H2,39,44)(H,41,43)/t26-,33+/m1/s1. The zero-order chi connectivity index (χ0) is 32.8. The largest absolute Gasteiger partial charge is 0.490 e. The molecule has 3 heterocycles. The predicted octanol–water partition coefficient (Wildman–Crippen LogP) is 6.01.